The van der Waals surface area contributed by atoms with Gasteiger partial charge in [0.05, 0.1) is 17.7 Å². The van der Waals surface area contributed by atoms with Crippen molar-refractivity contribution >= 4 is 35.1 Å². The van der Waals surface area contributed by atoms with Gasteiger partial charge in [-0.2, -0.15) is 0 Å². The lowest BCUT2D eigenvalue weighted by molar-refractivity contribution is -0.142. The zero-order valence-electron chi connectivity index (χ0n) is 9.29. The molecule has 0 aliphatic heterocycles. The van der Waals surface area contributed by atoms with Crippen LogP contribution in [0.4, 0.5) is 0 Å². The molecule has 92 valence electrons. The first-order valence-corrected chi connectivity index (χ1v) is 5.55. The van der Waals surface area contributed by atoms with Gasteiger partial charge in [-0.1, -0.05) is 23.2 Å². The summed E-state index contributed by atoms with van der Waals surface area (Å²) >= 11 is 11.6. The summed E-state index contributed by atoms with van der Waals surface area (Å²) in [4.78, 5) is 22.9. The van der Waals surface area contributed by atoms with Crippen LogP contribution in [-0.2, 0) is 9.53 Å². The van der Waals surface area contributed by atoms with Crippen molar-refractivity contribution < 1.29 is 14.3 Å². The lowest BCUT2D eigenvalue weighted by Gasteiger charge is -2.12. The molecule has 6 heteroatoms. The summed E-state index contributed by atoms with van der Waals surface area (Å²) in [6.45, 7) is 1.52. The van der Waals surface area contributed by atoms with Crippen LogP contribution < -0.4 is 5.32 Å². The van der Waals surface area contributed by atoms with Crippen LogP contribution in [0.2, 0.25) is 10.0 Å². The quantitative estimate of drug-likeness (QED) is 0.862. The van der Waals surface area contributed by atoms with E-state index in [1.165, 1.54) is 26.2 Å². The van der Waals surface area contributed by atoms with Gasteiger partial charge in [-0.25, -0.2) is 4.79 Å². The minimum Gasteiger partial charge on any atom is -0.467 e. The fourth-order valence-electron chi connectivity index (χ4n) is 1.18. The van der Waals surface area contributed by atoms with Crippen molar-refractivity contribution in [1.29, 1.82) is 0 Å². The van der Waals surface area contributed by atoms with Gasteiger partial charge in [0.2, 0.25) is 0 Å². The number of methoxy groups -OCH3 is 1. The van der Waals surface area contributed by atoms with Crippen molar-refractivity contribution in [2.75, 3.05) is 7.11 Å². The molecule has 1 N–H and O–H groups in total. The van der Waals surface area contributed by atoms with Crippen LogP contribution in [-0.4, -0.2) is 25.0 Å². The van der Waals surface area contributed by atoms with Gasteiger partial charge in [-0.15, -0.1) is 0 Å². The van der Waals surface area contributed by atoms with Crippen molar-refractivity contribution in [2.45, 2.75) is 13.0 Å². The third-order valence-corrected chi connectivity index (χ3v) is 2.64. The maximum Gasteiger partial charge on any atom is 0.328 e. The van der Waals surface area contributed by atoms with Crippen molar-refractivity contribution in [3.63, 3.8) is 0 Å². The predicted molar refractivity (Wildman–Crippen MR) is 65.4 cm³/mol. The summed E-state index contributed by atoms with van der Waals surface area (Å²) in [6, 6.07) is 3.78. The molecule has 0 aliphatic rings. The smallest absolute Gasteiger partial charge is 0.328 e. The van der Waals surface area contributed by atoms with E-state index < -0.39 is 17.9 Å². The Hall–Kier alpha value is -1.26. The maximum absolute atomic E-state index is 11.8. The summed E-state index contributed by atoms with van der Waals surface area (Å²) in [5.74, 6) is -1.01. The summed E-state index contributed by atoms with van der Waals surface area (Å²) in [7, 11) is 1.25. The summed E-state index contributed by atoms with van der Waals surface area (Å²) in [5.41, 5.74) is 0.218. The second-order valence-electron chi connectivity index (χ2n) is 3.34. The number of hydrogen-bond donors (Lipinski definition) is 1. The third-order valence-electron chi connectivity index (χ3n) is 2.08. The minimum absolute atomic E-state index is 0.218. The molecule has 0 spiro atoms. The highest BCUT2D eigenvalue weighted by Crippen LogP contribution is 2.20. The highest BCUT2D eigenvalue weighted by molar-refractivity contribution is 6.35. The molecule has 0 bridgehead atoms. The van der Waals surface area contributed by atoms with E-state index in [-0.39, 0.29) is 10.6 Å². The first-order chi connectivity index (χ1) is 7.95. The zero-order chi connectivity index (χ0) is 13.0. The Bertz CT molecular complexity index is 448. The van der Waals surface area contributed by atoms with Crippen molar-refractivity contribution in [3.8, 4) is 0 Å². The van der Waals surface area contributed by atoms with Gasteiger partial charge in [0.1, 0.15) is 6.04 Å². The van der Waals surface area contributed by atoms with Gasteiger partial charge in [0.15, 0.2) is 0 Å². The van der Waals surface area contributed by atoms with Gasteiger partial charge in [0, 0.05) is 5.02 Å². The Labute approximate surface area is 109 Å². The lowest BCUT2D eigenvalue weighted by atomic mass is 10.2. The van der Waals surface area contributed by atoms with Crippen LogP contribution in [0.15, 0.2) is 18.2 Å². The molecule has 1 aromatic rings. The fraction of sp³-hybridized carbons (Fsp3) is 0.273. The molecule has 4 nitrogen and oxygen atoms in total. The van der Waals surface area contributed by atoms with E-state index in [2.05, 4.69) is 10.1 Å². The number of hydrogen-bond acceptors (Lipinski definition) is 3. The van der Waals surface area contributed by atoms with Gasteiger partial charge >= 0.3 is 5.97 Å². The summed E-state index contributed by atoms with van der Waals surface area (Å²) in [6.07, 6.45) is 0. The van der Waals surface area contributed by atoms with E-state index in [1.807, 2.05) is 0 Å². The predicted octanol–water partition coefficient (Wildman–Crippen LogP) is 2.28. The first-order valence-electron chi connectivity index (χ1n) is 4.79. The number of ether oxygens (including phenoxy) is 1. The molecule has 1 atom stereocenters. The standard InChI is InChI=1S/C11H11Cl2NO3/c1-6(11(16)17-2)14-10(15)8-5-7(12)3-4-9(8)13/h3-6H,1-2H3,(H,14,15). The molecule has 1 rings (SSSR count). The Kier molecular flexibility index (Phi) is 4.78. The molecule has 0 saturated heterocycles. The molecule has 1 aromatic carbocycles. The van der Waals surface area contributed by atoms with Gasteiger partial charge in [-0.3, -0.25) is 4.79 Å². The van der Waals surface area contributed by atoms with Crippen LogP contribution in [0, 0.1) is 0 Å². The summed E-state index contributed by atoms with van der Waals surface area (Å²) in [5, 5.41) is 3.12. The molecule has 0 heterocycles. The zero-order valence-corrected chi connectivity index (χ0v) is 10.8. The Morgan fingerprint density at radius 2 is 2.00 bits per heavy atom. The Morgan fingerprint density at radius 1 is 1.35 bits per heavy atom. The molecule has 0 fully saturated rings. The maximum atomic E-state index is 11.8. The Balaban J connectivity index is 2.83. The normalized spacial score (nSPS) is 11.8. The van der Waals surface area contributed by atoms with Gasteiger partial charge < -0.3 is 10.1 Å². The van der Waals surface area contributed by atoms with Crippen LogP contribution in [0.1, 0.15) is 17.3 Å². The average molecular weight is 276 g/mol. The average Bonchev–Trinajstić information content (AvgIpc) is 2.30. The van der Waals surface area contributed by atoms with Crippen LogP contribution in [0.25, 0.3) is 0 Å². The number of benzene rings is 1. The number of nitrogens with one attached hydrogen (secondary N) is 1. The monoisotopic (exact) mass is 275 g/mol. The van der Waals surface area contributed by atoms with Gasteiger partial charge in [-0.05, 0) is 25.1 Å². The highest BCUT2D eigenvalue weighted by atomic mass is 35.5. The number of esters is 1. The van der Waals surface area contributed by atoms with E-state index in [4.69, 9.17) is 23.2 Å². The lowest BCUT2D eigenvalue weighted by Crippen LogP contribution is -2.39. The number of amides is 1. The third kappa shape index (κ3) is 3.61. The summed E-state index contributed by atoms with van der Waals surface area (Å²) < 4.78 is 4.49. The van der Waals surface area contributed by atoms with E-state index in [9.17, 15) is 9.59 Å². The molecule has 17 heavy (non-hydrogen) atoms. The molecule has 1 unspecified atom stereocenters. The second kappa shape index (κ2) is 5.89. The molecule has 0 aromatic heterocycles. The number of rotatable bonds is 3. The minimum atomic E-state index is -0.748. The Morgan fingerprint density at radius 3 is 2.59 bits per heavy atom. The van der Waals surface area contributed by atoms with E-state index >= 15 is 0 Å². The topological polar surface area (TPSA) is 55.4 Å². The van der Waals surface area contributed by atoms with E-state index in [0.717, 1.165) is 0 Å². The van der Waals surface area contributed by atoms with Crippen molar-refractivity contribution in [3.05, 3.63) is 33.8 Å². The highest BCUT2D eigenvalue weighted by Gasteiger charge is 2.18. The molecule has 0 aliphatic carbocycles. The SMILES string of the molecule is COC(=O)C(C)NC(=O)c1cc(Cl)ccc1Cl. The van der Waals surface area contributed by atoms with Crippen LogP contribution in [0.3, 0.4) is 0 Å². The van der Waals surface area contributed by atoms with Crippen molar-refractivity contribution in [1.82, 2.24) is 5.32 Å². The number of halogens is 2. The molecule has 0 radical (unpaired) electrons. The van der Waals surface area contributed by atoms with Crippen LogP contribution in [0.5, 0.6) is 0 Å². The largest absolute Gasteiger partial charge is 0.467 e. The molecule has 1 amide bonds. The fourth-order valence-corrected chi connectivity index (χ4v) is 1.56. The second-order valence-corrected chi connectivity index (χ2v) is 4.19. The molecular formula is C11H11Cl2NO3. The van der Waals surface area contributed by atoms with Gasteiger partial charge in [0.25, 0.3) is 5.91 Å². The number of carbonyl (C=O) groups is 2. The first kappa shape index (κ1) is 13.8. The molecular weight excluding hydrogens is 265 g/mol. The van der Waals surface area contributed by atoms with Crippen LogP contribution >= 0.6 is 23.2 Å². The van der Waals surface area contributed by atoms with E-state index in [1.54, 1.807) is 6.07 Å². The molecule has 0 saturated carbocycles. The van der Waals surface area contributed by atoms with E-state index in [0.29, 0.717) is 5.02 Å². The van der Waals surface area contributed by atoms with Crippen molar-refractivity contribution in [2.24, 2.45) is 0 Å². The number of carbonyl (C=O) groups excluding carboxylic acids is 2.